The van der Waals surface area contributed by atoms with E-state index in [1.165, 1.54) is 0 Å². The van der Waals surface area contributed by atoms with E-state index in [0.717, 1.165) is 18.8 Å². The molecule has 116 valence electrons. The predicted octanol–water partition coefficient (Wildman–Crippen LogP) is 2.52. The molecule has 1 aromatic heterocycles. The minimum Gasteiger partial charge on any atom is -0.444 e. The first-order valence-electron chi connectivity index (χ1n) is 7.47. The largest absolute Gasteiger partial charge is 0.444 e. The first kappa shape index (κ1) is 15.8. The molecule has 0 N–H and O–H groups in total. The van der Waals surface area contributed by atoms with Gasteiger partial charge in [-0.25, -0.2) is 4.79 Å². The summed E-state index contributed by atoms with van der Waals surface area (Å²) in [5.41, 5.74) is 0.626. The standard InChI is InChI=1S/C16H25N3O2/c1-13-11-19(15(20)21-16(2,3)4)10-9-18(13)12-14-7-5-6-8-17-14/h5-8,13H,9-12H2,1-4H3/t13-/m1/s1. The van der Waals surface area contributed by atoms with Gasteiger partial charge in [0.25, 0.3) is 0 Å². The summed E-state index contributed by atoms with van der Waals surface area (Å²) in [5, 5.41) is 0. The monoisotopic (exact) mass is 291 g/mol. The highest BCUT2D eigenvalue weighted by Gasteiger charge is 2.29. The second-order valence-corrected chi connectivity index (χ2v) is 6.57. The van der Waals surface area contributed by atoms with Crippen LogP contribution in [-0.4, -0.2) is 52.2 Å². The first-order valence-corrected chi connectivity index (χ1v) is 7.47. The molecule has 0 aliphatic carbocycles. The molecule has 1 aliphatic heterocycles. The van der Waals surface area contributed by atoms with E-state index in [-0.39, 0.29) is 6.09 Å². The lowest BCUT2D eigenvalue weighted by molar-refractivity contribution is 0.00445. The van der Waals surface area contributed by atoms with Crippen LogP contribution < -0.4 is 0 Å². The molecule has 1 atom stereocenters. The normalized spacial score (nSPS) is 20.4. The molecule has 0 bridgehead atoms. The fraction of sp³-hybridized carbons (Fsp3) is 0.625. The maximum Gasteiger partial charge on any atom is 0.410 e. The van der Waals surface area contributed by atoms with E-state index in [2.05, 4.69) is 16.8 Å². The lowest BCUT2D eigenvalue weighted by Crippen LogP contribution is -2.54. The van der Waals surface area contributed by atoms with Crippen LogP contribution in [0.15, 0.2) is 24.4 Å². The highest BCUT2D eigenvalue weighted by Crippen LogP contribution is 2.16. The zero-order valence-electron chi connectivity index (χ0n) is 13.4. The van der Waals surface area contributed by atoms with Crippen molar-refractivity contribution < 1.29 is 9.53 Å². The van der Waals surface area contributed by atoms with Crippen LogP contribution in [0.1, 0.15) is 33.4 Å². The lowest BCUT2D eigenvalue weighted by atomic mass is 10.1. The molecule has 0 aromatic carbocycles. The van der Waals surface area contributed by atoms with Crippen molar-refractivity contribution in [3.63, 3.8) is 0 Å². The van der Waals surface area contributed by atoms with Gasteiger partial charge in [0.15, 0.2) is 0 Å². The molecule has 5 heteroatoms. The number of hydrogen-bond donors (Lipinski definition) is 0. The third kappa shape index (κ3) is 4.70. The third-order valence-electron chi connectivity index (χ3n) is 3.51. The van der Waals surface area contributed by atoms with Crippen LogP contribution in [0, 0.1) is 0 Å². The average Bonchev–Trinajstić information content (AvgIpc) is 2.40. The van der Waals surface area contributed by atoms with Gasteiger partial charge in [0.2, 0.25) is 0 Å². The maximum atomic E-state index is 12.1. The molecule has 5 nitrogen and oxygen atoms in total. The number of carbonyl (C=O) groups is 1. The Morgan fingerprint density at radius 1 is 1.38 bits per heavy atom. The minimum absolute atomic E-state index is 0.216. The molecule has 1 aliphatic rings. The Morgan fingerprint density at radius 3 is 2.71 bits per heavy atom. The Bertz CT molecular complexity index is 470. The number of ether oxygens (including phenoxy) is 1. The Morgan fingerprint density at radius 2 is 2.14 bits per heavy atom. The molecule has 1 saturated heterocycles. The van der Waals surface area contributed by atoms with E-state index >= 15 is 0 Å². The van der Waals surface area contributed by atoms with E-state index in [9.17, 15) is 4.79 Å². The van der Waals surface area contributed by atoms with E-state index in [0.29, 0.717) is 19.1 Å². The van der Waals surface area contributed by atoms with E-state index in [1.807, 2.05) is 45.2 Å². The predicted molar refractivity (Wildman–Crippen MR) is 81.9 cm³/mol. The van der Waals surface area contributed by atoms with Gasteiger partial charge in [0.05, 0.1) is 5.69 Å². The smallest absolute Gasteiger partial charge is 0.410 e. The number of piperazine rings is 1. The van der Waals surface area contributed by atoms with Crippen LogP contribution in [0.5, 0.6) is 0 Å². The van der Waals surface area contributed by atoms with Gasteiger partial charge in [-0.15, -0.1) is 0 Å². The lowest BCUT2D eigenvalue weighted by Gasteiger charge is -2.40. The fourth-order valence-electron chi connectivity index (χ4n) is 2.42. The van der Waals surface area contributed by atoms with Crippen LogP contribution in [0.3, 0.4) is 0 Å². The minimum atomic E-state index is -0.439. The molecule has 2 rings (SSSR count). The van der Waals surface area contributed by atoms with E-state index in [4.69, 9.17) is 4.74 Å². The molecule has 21 heavy (non-hydrogen) atoms. The summed E-state index contributed by atoms with van der Waals surface area (Å²) in [5.74, 6) is 0. The Balaban J connectivity index is 1.89. The van der Waals surface area contributed by atoms with Crippen molar-refractivity contribution in [1.82, 2.24) is 14.8 Å². The fourth-order valence-corrected chi connectivity index (χ4v) is 2.42. The van der Waals surface area contributed by atoms with Gasteiger partial charge < -0.3 is 9.64 Å². The van der Waals surface area contributed by atoms with Crippen molar-refractivity contribution in [2.45, 2.75) is 45.9 Å². The summed E-state index contributed by atoms with van der Waals surface area (Å²) >= 11 is 0. The molecule has 0 spiro atoms. The summed E-state index contributed by atoms with van der Waals surface area (Å²) in [6, 6.07) is 6.26. The third-order valence-corrected chi connectivity index (χ3v) is 3.51. The molecule has 0 saturated carbocycles. The first-order chi connectivity index (χ1) is 9.85. The van der Waals surface area contributed by atoms with E-state index in [1.54, 1.807) is 4.90 Å². The maximum absolute atomic E-state index is 12.1. The summed E-state index contributed by atoms with van der Waals surface area (Å²) in [4.78, 5) is 20.6. The number of hydrogen-bond acceptors (Lipinski definition) is 4. The van der Waals surface area contributed by atoms with Crippen molar-refractivity contribution in [2.75, 3.05) is 19.6 Å². The molecule has 2 heterocycles. The van der Waals surface area contributed by atoms with Crippen LogP contribution in [0.2, 0.25) is 0 Å². The molecule has 1 amide bonds. The van der Waals surface area contributed by atoms with Crippen molar-refractivity contribution in [2.24, 2.45) is 0 Å². The van der Waals surface area contributed by atoms with Gasteiger partial charge in [0.1, 0.15) is 5.60 Å². The Labute approximate surface area is 126 Å². The summed E-state index contributed by atoms with van der Waals surface area (Å²) in [7, 11) is 0. The number of carbonyl (C=O) groups excluding carboxylic acids is 1. The van der Waals surface area contributed by atoms with Crippen LogP contribution in [-0.2, 0) is 11.3 Å². The summed E-state index contributed by atoms with van der Waals surface area (Å²) in [6.45, 7) is 10.9. The second kappa shape index (κ2) is 6.43. The SMILES string of the molecule is C[C@@H]1CN(C(=O)OC(C)(C)C)CCN1Cc1ccccn1. The molecular formula is C16H25N3O2. The number of rotatable bonds is 2. The van der Waals surface area contributed by atoms with Crippen molar-refractivity contribution >= 4 is 6.09 Å². The van der Waals surface area contributed by atoms with Crippen molar-refractivity contribution in [3.8, 4) is 0 Å². The second-order valence-electron chi connectivity index (χ2n) is 6.57. The average molecular weight is 291 g/mol. The van der Waals surface area contributed by atoms with Crippen LogP contribution in [0.4, 0.5) is 4.79 Å². The van der Waals surface area contributed by atoms with Gasteiger partial charge in [-0.2, -0.15) is 0 Å². The number of amides is 1. The zero-order valence-corrected chi connectivity index (χ0v) is 13.4. The zero-order chi connectivity index (χ0) is 15.5. The topological polar surface area (TPSA) is 45.7 Å². The molecule has 1 aromatic rings. The molecule has 0 unspecified atom stereocenters. The van der Waals surface area contributed by atoms with Gasteiger partial charge in [-0.1, -0.05) is 6.07 Å². The van der Waals surface area contributed by atoms with E-state index < -0.39 is 5.60 Å². The Hall–Kier alpha value is -1.62. The summed E-state index contributed by atoms with van der Waals surface area (Å²) < 4.78 is 5.44. The summed E-state index contributed by atoms with van der Waals surface area (Å²) in [6.07, 6.45) is 1.60. The molecule has 1 fully saturated rings. The van der Waals surface area contributed by atoms with Crippen molar-refractivity contribution in [1.29, 1.82) is 0 Å². The molecular weight excluding hydrogens is 266 g/mol. The Kier molecular flexibility index (Phi) is 4.83. The van der Waals surface area contributed by atoms with Crippen molar-refractivity contribution in [3.05, 3.63) is 30.1 Å². The highest BCUT2D eigenvalue weighted by atomic mass is 16.6. The van der Waals surface area contributed by atoms with Gasteiger partial charge >= 0.3 is 6.09 Å². The van der Waals surface area contributed by atoms with Crippen LogP contribution in [0.25, 0.3) is 0 Å². The van der Waals surface area contributed by atoms with Gasteiger partial charge in [-0.05, 0) is 39.8 Å². The van der Waals surface area contributed by atoms with Gasteiger partial charge in [0, 0.05) is 38.4 Å². The quantitative estimate of drug-likeness (QED) is 0.840. The number of aromatic nitrogens is 1. The van der Waals surface area contributed by atoms with Gasteiger partial charge in [-0.3, -0.25) is 9.88 Å². The van der Waals surface area contributed by atoms with Crippen LogP contribution >= 0.6 is 0 Å². The number of pyridine rings is 1. The molecule has 0 radical (unpaired) electrons. The highest BCUT2D eigenvalue weighted by molar-refractivity contribution is 5.68. The number of nitrogens with zero attached hydrogens (tertiary/aromatic N) is 3.